The molecule has 1 atom stereocenters. The molecule has 4 N–H and O–H groups in total. The zero-order chi connectivity index (χ0) is 14.3. The summed E-state index contributed by atoms with van der Waals surface area (Å²) in [6, 6.07) is -0.453. The van der Waals surface area contributed by atoms with Crippen molar-refractivity contribution in [2.45, 2.75) is 52.0 Å². The van der Waals surface area contributed by atoms with Crippen LogP contribution in [0.2, 0.25) is 0 Å². The Bertz CT molecular complexity index is 299. The summed E-state index contributed by atoms with van der Waals surface area (Å²) in [7, 11) is 0. The molecule has 1 aliphatic carbocycles. The van der Waals surface area contributed by atoms with Gasteiger partial charge < -0.3 is 16.4 Å². The molecule has 0 aromatic heterocycles. The van der Waals surface area contributed by atoms with Crippen LogP contribution in [-0.4, -0.2) is 30.9 Å². The molecule has 5 nitrogen and oxygen atoms in total. The molecule has 0 bridgehead atoms. The van der Waals surface area contributed by atoms with Crippen molar-refractivity contribution < 1.29 is 9.59 Å². The van der Waals surface area contributed by atoms with Gasteiger partial charge >= 0.3 is 0 Å². The lowest BCUT2D eigenvalue weighted by Gasteiger charge is -2.27. The molecule has 0 aromatic carbocycles. The van der Waals surface area contributed by atoms with Crippen molar-refractivity contribution in [2.75, 3.05) is 13.1 Å². The summed E-state index contributed by atoms with van der Waals surface area (Å²) in [5.74, 6) is 0.513. The number of hydrogen-bond donors (Lipinski definition) is 3. The summed E-state index contributed by atoms with van der Waals surface area (Å²) in [4.78, 5) is 23.7. The molecule has 1 aliphatic rings. The van der Waals surface area contributed by atoms with Gasteiger partial charge in [-0.3, -0.25) is 9.59 Å². The highest BCUT2D eigenvalue weighted by Gasteiger charge is 2.27. The molecule has 0 heterocycles. The van der Waals surface area contributed by atoms with E-state index in [1.165, 1.54) is 0 Å². The Labute approximate surface area is 115 Å². The molecule has 5 heteroatoms. The first kappa shape index (κ1) is 16.0. The molecule has 19 heavy (non-hydrogen) atoms. The molecule has 110 valence electrons. The fraction of sp³-hybridized carbons (Fsp3) is 0.857. The Kier molecular flexibility index (Phi) is 6.84. The molecular weight excluding hydrogens is 242 g/mol. The summed E-state index contributed by atoms with van der Waals surface area (Å²) in [6.07, 6.45) is 4.71. The number of nitrogens with one attached hydrogen (secondary N) is 2. The molecule has 0 saturated heterocycles. The van der Waals surface area contributed by atoms with Gasteiger partial charge in [-0.25, -0.2) is 0 Å². The lowest BCUT2D eigenvalue weighted by Crippen LogP contribution is -2.47. The van der Waals surface area contributed by atoms with E-state index < -0.39 is 6.04 Å². The fourth-order valence-electron chi connectivity index (χ4n) is 2.46. The minimum Gasteiger partial charge on any atom is -0.354 e. The fourth-order valence-corrected chi connectivity index (χ4v) is 2.46. The van der Waals surface area contributed by atoms with Gasteiger partial charge in [0.2, 0.25) is 11.8 Å². The van der Waals surface area contributed by atoms with Gasteiger partial charge in [-0.15, -0.1) is 0 Å². The van der Waals surface area contributed by atoms with Gasteiger partial charge in [-0.2, -0.15) is 0 Å². The molecule has 0 radical (unpaired) electrons. The van der Waals surface area contributed by atoms with Crippen molar-refractivity contribution in [1.29, 1.82) is 0 Å². The molecule has 0 aromatic rings. The Hall–Kier alpha value is -1.10. The maximum Gasteiger partial charge on any atom is 0.242 e. The van der Waals surface area contributed by atoms with E-state index in [9.17, 15) is 9.59 Å². The number of hydrogen-bond acceptors (Lipinski definition) is 3. The number of amides is 2. The normalized spacial score (nSPS) is 24.6. The zero-order valence-electron chi connectivity index (χ0n) is 12.1. The van der Waals surface area contributed by atoms with Gasteiger partial charge in [0.1, 0.15) is 6.04 Å². The summed E-state index contributed by atoms with van der Waals surface area (Å²) in [5.41, 5.74) is 5.64. The van der Waals surface area contributed by atoms with Crippen LogP contribution >= 0.6 is 0 Å². The maximum atomic E-state index is 12.1. The summed E-state index contributed by atoms with van der Waals surface area (Å²) in [5, 5.41) is 5.60. The van der Waals surface area contributed by atoms with Crippen molar-refractivity contribution in [2.24, 2.45) is 17.6 Å². The lowest BCUT2D eigenvalue weighted by molar-refractivity contribution is -0.131. The minimum absolute atomic E-state index is 0.00891. The van der Waals surface area contributed by atoms with Crippen LogP contribution in [-0.2, 0) is 9.59 Å². The second kappa shape index (κ2) is 8.15. The summed E-state index contributed by atoms with van der Waals surface area (Å²) in [6.45, 7) is 5.10. The monoisotopic (exact) mass is 269 g/mol. The minimum atomic E-state index is -0.453. The molecule has 1 unspecified atom stereocenters. The third kappa shape index (κ3) is 5.19. The van der Waals surface area contributed by atoms with Crippen molar-refractivity contribution in [3.63, 3.8) is 0 Å². The Balaban J connectivity index is 2.32. The summed E-state index contributed by atoms with van der Waals surface area (Å²) < 4.78 is 0. The molecule has 2 amide bonds. The Morgan fingerprint density at radius 3 is 2.42 bits per heavy atom. The van der Waals surface area contributed by atoms with Gasteiger partial charge in [0, 0.05) is 12.5 Å². The van der Waals surface area contributed by atoms with E-state index in [0.717, 1.165) is 32.1 Å². The topological polar surface area (TPSA) is 84.2 Å². The number of carbonyl (C=O) groups excluding carboxylic acids is 2. The predicted octanol–water partition coefficient (Wildman–Crippen LogP) is 0.782. The van der Waals surface area contributed by atoms with E-state index in [4.69, 9.17) is 5.73 Å². The average Bonchev–Trinajstić information content (AvgIpc) is 2.44. The molecule has 0 aliphatic heterocycles. The quantitative estimate of drug-likeness (QED) is 0.666. The van der Waals surface area contributed by atoms with Crippen molar-refractivity contribution in [3.05, 3.63) is 0 Å². The van der Waals surface area contributed by atoms with Gasteiger partial charge in [0.15, 0.2) is 0 Å². The van der Waals surface area contributed by atoms with Gasteiger partial charge in [-0.05, 0) is 51.5 Å². The third-order valence-electron chi connectivity index (χ3n) is 3.85. The first-order valence-electron chi connectivity index (χ1n) is 7.36. The van der Waals surface area contributed by atoms with Crippen LogP contribution in [0.4, 0.5) is 0 Å². The van der Waals surface area contributed by atoms with Gasteiger partial charge in [-0.1, -0.05) is 6.92 Å². The Morgan fingerprint density at radius 1 is 1.26 bits per heavy atom. The second-order valence-corrected chi connectivity index (χ2v) is 5.47. The van der Waals surface area contributed by atoms with Gasteiger partial charge in [0.25, 0.3) is 0 Å². The van der Waals surface area contributed by atoms with E-state index in [0.29, 0.717) is 19.0 Å². The standard InChI is InChI=1S/C14H27N3O2/c1-3-8-16-13(18)10(2)17-14(19)12-6-4-11(9-15)5-7-12/h10-12H,3-9,15H2,1-2H3,(H,16,18)(H,17,19). The van der Waals surface area contributed by atoms with Crippen LogP contribution in [0.25, 0.3) is 0 Å². The second-order valence-electron chi connectivity index (χ2n) is 5.47. The molecule has 0 spiro atoms. The first-order chi connectivity index (χ1) is 9.08. The number of carbonyl (C=O) groups is 2. The SMILES string of the molecule is CCCNC(=O)C(C)NC(=O)C1CCC(CN)CC1. The number of nitrogens with two attached hydrogens (primary N) is 1. The van der Waals surface area contributed by atoms with E-state index in [-0.39, 0.29) is 17.7 Å². The van der Waals surface area contributed by atoms with E-state index in [2.05, 4.69) is 10.6 Å². The largest absolute Gasteiger partial charge is 0.354 e. The van der Waals surface area contributed by atoms with Crippen molar-refractivity contribution in [3.8, 4) is 0 Å². The van der Waals surface area contributed by atoms with Crippen molar-refractivity contribution >= 4 is 11.8 Å². The highest BCUT2D eigenvalue weighted by atomic mass is 16.2. The molecule has 1 rings (SSSR count). The summed E-state index contributed by atoms with van der Waals surface area (Å²) >= 11 is 0. The van der Waals surface area contributed by atoms with E-state index in [1.54, 1.807) is 6.92 Å². The molecule has 1 fully saturated rings. The van der Waals surface area contributed by atoms with Crippen LogP contribution in [0.5, 0.6) is 0 Å². The van der Waals surface area contributed by atoms with Crippen LogP contribution < -0.4 is 16.4 Å². The van der Waals surface area contributed by atoms with Crippen LogP contribution in [0, 0.1) is 11.8 Å². The molecular formula is C14H27N3O2. The third-order valence-corrected chi connectivity index (χ3v) is 3.85. The first-order valence-corrected chi connectivity index (χ1v) is 7.36. The zero-order valence-corrected chi connectivity index (χ0v) is 12.1. The number of rotatable bonds is 6. The van der Waals surface area contributed by atoms with Crippen LogP contribution in [0.3, 0.4) is 0 Å². The lowest BCUT2D eigenvalue weighted by atomic mass is 9.81. The molecule has 1 saturated carbocycles. The van der Waals surface area contributed by atoms with E-state index >= 15 is 0 Å². The van der Waals surface area contributed by atoms with Crippen LogP contribution in [0.15, 0.2) is 0 Å². The Morgan fingerprint density at radius 2 is 1.89 bits per heavy atom. The van der Waals surface area contributed by atoms with Crippen LogP contribution in [0.1, 0.15) is 46.0 Å². The average molecular weight is 269 g/mol. The van der Waals surface area contributed by atoms with Gasteiger partial charge in [0.05, 0.1) is 0 Å². The van der Waals surface area contributed by atoms with E-state index in [1.807, 2.05) is 6.92 Å². The maximum absolute atomic E-state index is 12.1. The smallest absolute Gasteiger partial charge is 0.242 e. The highest BCUT2D eigenvalue weighted by molar-refractivity contribution is 5.88. The predicted molar refractivity (Wildman–Crippen MR) is 75.4 cm³/mol. The highest BCUT2D eigenvalue weighted by Crippen LogP contribution is 2.28. The van der Waals surface area contributed by atoms with Crippen molar-refractivity contribution in [1.82, 2.24) is 10.6 Å².